The van der Waals surface area contributed by atoms with Gasteiger partial charge in [-0.25, -0.2) is 4.79 Å². The van der Waals surface area contributed by atoms with Gasteiger partial charge in [0, 0.05) is 4.43 Å². The topological polar surface area (TPSA) is 116 Å². The van der Waals surface area contributed by atoms with E-state index in [-0.39, 0.29) is 6.61 Å². The molecule has 0 spiro atoms. The minimum atomic E-state index is -1.91. The molecule has 1 unspecified atom stereocenters. The van der Waals surface area contributed by atoms with Gasteiger partial charge in [-0.05, 0) is 12.1 Å². The summed E-state index contributed by atoms with van der Waals surface area (Å²) in [4.78, 5) is 35.4. The van der Waals surface area contributed by atoms with Crippen molar-refractivity contribution < 1.29 is 29.3 Å². The number of aliphatic hydroxyl groups is 1. The van der Waals surface area contributed by atoms with Crippen LogP contribution in [0.15, 0.2) is 30.3 Å². The van der Waals surface area contributed by atoms with Crippen LogP contribution in [0.3, 0.4) is 0 Å². The van der Waals surface area contributed by atoms with E-state index >= 15 is 0 Å². The molecule has 1 fully saturated rings. The molecule has 1 aromatic rings. The van der Waals surface area contributed by atoms with Crippen molar-refractivity contribution in [1.82, 2.24) is 10.2 Å². The number of halogens is 1. The number of amides is 2. The number of carboxylic acid groups (broad SMARTS) is 1. The number of nitrogens with zero attached hydrogens (tertiary/aromatic N) is 1. The molecule has 124 valence electrons. The smallest absolute Gasteiger partial charge is 0.354 e. The van der Waals surface area contributed by atoms with Crippen LogP contribution in [0.2, 0.25) is 0 Å². The largest absolute Gasteiger partial charge is 0.484 e. The molecule has 1 heterocycles. The number of hydrogen-bond donors (Lipinski definition) is 3. The second-order valence-corrected chi connectivity index (χ2v) is 5.71. The Morgan fingerprint density at radius 2 is 2.00 bits per heavy atom. The minimum Gasteiger partial charge on any atom is -0.484 e. The lowest BCUT2D eigenvalue weighted by Crippen LogP contribution is -2.74. The highest BCUT2D eigenvalue weighted by molar-refractivity contribution is 14.1. The predicted octanol–water partition coefficient (Wildman–Crippen LogP) is -0.401. The number of carboxylic acids is 1. The van der Waals surface area contributed by atoms with Gasteiger partial charge in [0.15, 0.2) is 6.61 Å². The van der Waals surface area contributed by atoms with Gasteiger partial charge in [-0.1, -0.05) is 40.8 Å². The first-order valence-electron chi connectivity index (χ1n) is 6.72. The van der Waals surface area contributed by atoms with Crippen molar-refractivity contribution >= 4 is 40.4 Å². The van der Waals surface area contributed by atoms with Crippen LogP contribution >= 0.6 is 22.6 Å². The van der Waals surface area contributed by atoms with E-state index in [4.69, 9.17) is 9.84 Å². The summed E-state index contributed by atoms with van der Waals surface area (Å²) < 4.78 is 5.64. The van der Waals surface area contributed by atoms with E-state index in [0.29, 0.717) is 10.2 Å². The fourth-order valence-electron chi connectivity index (χ4n) is 2.19. The van der Waals surface area contributed by atoms with Gasteiger partial charge in [0.05, 0.1) is 6.04 Å². The second kappa shape index (κ2) is 7.59. The number of aliphatic hydroxyl groups excluding tert-OH is 1. The summed E-state index contributed by atoms with van der Waals surface area (Å²) in [5, 5.41) is 20.8. The number of likely N-dealkylation sites (tertiary alicyclic amines) is 1. The Balaban J connectivity index is 1.88. The van der Waals surface area contributed by atoms with E-state index in [1.54, 1.807) is 24.3 Å². The van der Waals surface area contributed by atoms with Crippen molar-refractivity contribution in [2.24, 2.45) is 0 Å². The van der Waals surface area contributed by atoms with Gasteiger partial charge >= 0.3 is 5.97 Å². The lowest BCUT2D eigenvalue weighted by atomic mass is 9.96. The summed E-state index contributed by atoms with van der Waals surface area (Å²) >= 11 is 1.96. The average Bonchev–Trinajstić information content (AvgIpc) is 2.55. The average molecular weight is 434 g/mol. The van der Waals surface area contributed by atoms with Gasteiger partial charge in [0.1, 0.15) is 11.8 Å². The van der Waals surface area contributed by atoms with E-state index < -0.39 is 36.1 Å². The van der Waals surface area contributed by atoms with Crippen molar-refractivity contribution in [2.45, 2.75) is 18.3 Å². The molecule has 2 rings (SSSR count). The van der Waals surface area contributed by atoms with Gasteiger partial charge in [0.25, 0.3) is 5.91 Å². The van der Waals surface area contributed by atoms with Crippen LogP contribution in [0, 0.1) is 0 Å². The van der Waals surface area contributed by atoms with Crippen molar-refractivity contribution in [3.8, 4) is 5.75 Å². The van der Waals surface area contributed by atoms with Crippen LogP contribution in [0.4, 0.5) is 0 Å². The van der Waals surface area contributed by atoms with Gasteiger partial charge in [-0.2, -0.15) is 0 Å². The zero-order valence-corrected chi connectivity index (χ0v) is 14.0. The van der Waals surface area contributed by atoms with Crippen LogP contribution in [-0.4, -0.2) is 62.2 Å². The Morgan fingerprint density at radius 3 is 2.57 bits per heavy atom. The molecule has 3 N–H and O–H groups in total. The molecule has 1 saturated heterocycles. The maximum atomic E-state index is 11.9. The lowest BCUT2D eigenvalue weighted by molar-refractivity contribution is -0.182. The van der Waals surface area contributed by atoms with Crippen molar-refractivity contribution in [1.29, 1.82) is 0 Å². The monoisotopic (exact) mass is 434 g/mol. The molecule has 8 nitrogen and oxygen atoms in total. The molecule has 3 atom stereocenters. The second-order valence-electron chi connectivity index (χ2n) is 4.83. The van der Waals surface area contributed by atoms with Crippen molar-refractivity contribution in [3.63, 3.8) is 0 Å². The molecule has 1 aliphatic rings. The third-order valence-corrected chi connectivity index (χ3v) is 4.24. The fraction of sp³-hybridized carbons (Fsp3) is 0.357. The van der Waals surface area contributed by atoms with E-state index in [2.05, 4.69) is 5.32 Å². The van der Waals surface area contributed by atoms with Gasteiger partial charge in [-0.3, -0.25) is 14.5 Å². The molecular weight excluding hydrogens is 419 g/mol. The number of aliphatic carboxylic acids is 1. The lowest BCUT2D eigenvalue weighted by Gasteiger charge is -2.47. The molecule has 0 aromatic heterocycles. The van der Waals surface area contributed by atoms with Crippen molar-refractivity contribution in [2.75, 3.05) is 11.0 Å². The number of ether oxygens (including phenoxy) is 1. The number of carbonyl (C=O) groups is 3. The normalized spacial score (nSPS) is 21.3. The molecule has 1 aromatic carbocycles. The Labute approximate surface area is 145 Å². The molecule has 0 saturated carbocycles. The maximum absolute atomic E-state index is 11.9. The first kappa shape index (κ1) is 17.5. The Kier molecular flexibility index (Phi) is 5.77. The number of rotatable bonds is 7. The molecule has 0 radical (unpaired) electrons. The van der Waals surface area contributed by atoms with Crippen LogP contribution in [0.1, 0.15) is 0 Å². The number of hydrogen-bond acceptors (Lipinski definition) is 5. The summed E-state index contributed by atoms with van der Waals surface area (Å²) in [5.41, 5.74) is 0. The van der Waals surface area contributed by atoms with Gasteiger partial charge in [-0.15, -0.1) is 0 Å². The number of alkyl halides is 1. The first-order valence-corrected chi connectivity index (χ1v) is 8.24. The standard InChI is InChI=1S/C14H15IN2O6/c15-6-9-11(12(19)17(9)13(20)14(21)22)16-10(18)7-23-8-4-2-1-3-5-8/h1-5,9,11,13,20H,6-7H2,(H,16,18)(H,21,22)/t9-,11+,13?/m0/s1. The van der Waals surface area contributed by atoms with E-state index in [0.717, 1.165) is 4.90 Å². The highest BCUT2D eigenvalue weighted by Crippen LogP contribution is 2.24. The number of benzene rings is 1. The highest BCUT2D eigenvalue weighted by Gasteiger charge is 2.52. The number of para-hydroxylation sites is 1. The third kappa shape index (κ3) is 3.91. The van der Waals surface area contributed by atoms with Crippen LogP contribution in [0.25, 0.3) is 0 Å². The Morgan fingerprint density at radius 1 is 1.35 bits per heavy atom. The van der Waals surface area contributed by atoms with E-state index in [9.17, 15) is 19.5 Å². The quantitative estimate of drug-likeness (QED) is 0.306. The molecule has 23 heavy (non-hydrogen) atoms. The summed E-state index contributed by atoms with van der Waals surface area (Å²) in [5.74, 6) is -2.11. The maximum Gasteiger partial charge on any atom is 0.354 e. The molecule has 2 amide bonds. The minimum absolute atomic E-state index is 0.261. The van der Waals surface area contributed by atoms with Gasteiger partial charge < -0.3 is 20.3 Å². The van der Waals surface area contributed by atoms with Crippen LogP contribution < -0.4 is 10.1 Å². The zero-order valence-electron chi connectivity index (χ0n) is 11.9. The Hall–Kier alpha value is -1.88. The highest BCUT2D eigenvalue weighted by atomic mass is 127. The molecule has 0 aliphatic carbocycles. The number of nitrogens with one attached hydrogen (secondary N) is 1. The summed E-state index contributed by atoms with van der Waals surface area (Å²) in [7, 11) is 0. The molecule has 9 heteroatoms. The molecule has 0 bridgehead atoms. The van der Waals surface area contributed by atoms with E-state index in [1.165, 1.54) is 0 Å². The first-order chi connectivity index (χ1) is 11.0. The number of carbonyl (C=O) groups excluding carboxylic acids is 2. The van der Waals surface area contributed by atoms with E-state index in [1.807, 2.05) is 28.7 Å². The SMILES string of the molecule is O=C(COc1ccccc1)N[C@H]1C(=O)N(C(O)C(=O)O)[C@H]1CI. The summed E-state index contributed by atoms with van der Waals surface area (Å²) in [6, 6.07) is 7.30. The van der Waals surface area contributed by atoms with Crippen LogP contribution in [0.5, 0.6) is 5.75 Å². The molecular formula is C14H15IN2O6. The summed E-state index contributed by atoms with van der Waals surface area (Å²) in [6.45, 7) is -0.261. The predicted molar refractivity (Wildman–Crippen MR) is 87.0 cm³/mol. The zero-order chi connectivity index (χ0) is 17.0. The van der Waals surface area contributed by atoms with Gasteiger partial charge in [0.2, 0.25) is 12.1 Å². The van der Waals surface area contributed by atoms with Crippen LogP contribution in [-0.2, 0) is 14.4 Å². The Bertz CT molecular complexity index is 596. The molecule has 1 aliphatic heterocycles. The fourth-order valence-corrected chi connectivity index (χ4v) is 3.12. The van der Waals surface area contributed by atoms with Crippen molar-refractivity contribution in [3.05, 3.63) is 30.3 Å². The number of β-lactam (4-membered cyclic amide) rings is 1. The third-order valence-electron chi connectivity index (χ3n) is 3.33. The summed E-state index contributed by atoms with van der Waals surface area (Å²) in [6.07, 6.45) is -1.91.